The normalized spacial score (nSPS) is 11.4. The van der Waals surface area contributed by atoms with Crippen LogP contribution in [0, 0.1) is 5.82 Å². The third-order valence-electron chi connectivity index (χ3n) is 4.08. The fraction of sp³-hybridized carbons (Fsp3) is 0.118. The van der Waals surface area contributed by atoms with Crippen LogP contribution in [0.15, 0.2) is 42.9 Å². The van der Waals surface area contributed by atoms with Crippen LogP contribution in [0.3, 0.4) is 0 Å². The first kappa shape index (κ1) is 14.4. The summed E-state index contributed by atoms with van der Waals surface area (Å²) in [4.78, 5) is 15.2. The predicted molar refractivity (Wildman–Crippen MR) is 87.0 cm³/mol. The molecule has 2 heterocycles. The van der Waals surface area contributed by atoms with Gasteiger partial charge in [0.15, 0.2) is 0 Å². The van der Waals surface area contributed by atoms with Crippen LogP contribution in [0.5, 0.6) is 0 Å². The van der Waals surface area contributed by atoms with Crippen molar-refractivity contribution in [1.29, 1.82) is 0 Å². The first-order chi connectivity index (χ1) is 11.5. The van der Waals surface area contributed by atoms with Crippen molar-refractivity contribution in [1.82, 2.24) is 19.3 Å². The molecule has 1 N–H and O–H groups in total. The van der Waals surface area contributed by atoms with E-state index in [0.29, 0.717) is 22.2 Å². The Labute approximate surface area is 135 Å². The number of carbonyl (C=O) groups is 1. The molecular weight excluding hydrogens is 311 g/mol. The van der Waals surface area contributed by atoms with Gasteiger partial charge in [0, 0.05) is 23.6 Å². The molecule has 0 amide bonds. The van der Waals surface area contributed by atoms with Gasteiger partial charge in [0.25, 0.3) is 0 Å². The van der Waals surface area contributed by atoms with Gasteiger partial charge < -0.3 is 9.67 Å². The molecule has 0 saturated carbocycles. The Morgan fingerprint density at radius 3 is 2.88 bits per heavy atom. The molecular formula is C17H13FN4O2. The number of hydrogen-bond donors (Lipinski definition) is 1. The number of imidazole rings is 1. The quantitative estimate of drug-likeness (QED) is 0.629. The van der Waals surface area contributed by atoms with Gasteiger partial charge in [-0.25, -0.2) is 9.37 Å². The van der Waals surface area contributed by atoms with E-state index in [1.165, 1.54) is 17.0 Å². The lowest BCUT2D eigenvalue weighted by molar-refractivity contribution is -0.137. The molecule has 0 aliphatic rings. The number of para-hydroxylation sites is 1. The van der Waals surface area contributed by atoms with Gasteiger partial charge in [-0.05, 0) is 18.2 Å². The fourth-order valence-corrected chi connectivity index (χ4v) is 2.96. The molecule has 0 spiro atoms. The summed E-state index contributed by atoms with van der Waals surface area (Å²) in [5, 5.41) is 13.8. The molecule has 0 bridgehead atoms. The number of aliphatic carboxylic acids is 1. The molecule has 0 radical (unpaired) electrons. The molecule has 4 rings (SSSR count). The highest BCUT2D eigenvalue weighted by Crippen LogP contribution is 2.32. The minimum Gasteiger partial charge on any atom is -0.480 e. The second-order valence-corrected chi connectivity index (χ2v) is 5.60. The Morgan fingerprint density at radius 1 is 1.25 bits per heavy atom. The number of carboxylic acid groups (broad SMARTS) is 1. The highest BCUT2D eigenvalue weighted by molar-refractivity contribution is 5.95. The number of carboxylic acids is 1. The summed E-state index contributed by atoms with van der Waals surface area (Å²) < 4.78 is 17.8. The zero-order chi connectivity index (χ0) is 16.8. The van der Waals surface area contributed by atoms with E-state index in [9.17, 15) is 9.18 Å². The van der Waals surface area contributed by atoms with Crippen molar-refractivity contribution in [3.63, 3.8) is 0 Å². The summed E-state index contributed by atoms with van der Waals surface area (Å²) >= 11 is 0. The molecule has 2 aromatic carbocycles. The van der Waals surface area contributed by atoms with Crippen molar-refractivity contribution in [2.45, 2.75) is 6.54 Å². The Morgan fingerprint density at radius 2 is 2.08 bits per heavy atom. The molecule has 4 aromatic rings. The maximum absolute atomic E-state index is 14.6. The van der Waals surface area contributed by atoms with E-state index in [1.807, 2.05) is 0 Å². The van der Waals surface area contributed by atoms with E-state index >= 15 is 0 Å². The van der Waals surface area contributed by atoms with E-state index < -0.39 is 5.97 Å². The molecule has 7 heteroatoms. The SMILES string of the molecule is Cn1ncc2cc(F)c(-c3cccc4c3ncn4CC(=O)O)cc21. The Hall–Kier alpha value is -3.22. The Bertz CT molecular complexity index is 1100. The molecule has 120 valence electrons. The average molecular weight is 324 g/mol. The number of fused-ring (bicyclic) bond motifs is 2. The molecule has 0 atom stereocenters. The van der Waals surface area contributed by atoms with Gasteiger partial charge in [0.1, 0.15) is 12.4 Å². The third-order valence-corrected chi connectivity index (χ3v) is 4.08. The van der Waals surface area contributed by atoms with Crippen LogP contribution in [-0.4, -0.2) is 30.4 Å². The average Bonchev–Trinajstić information content (AvgIpc) is 3.10. The van der Waals surface area contributed by atoms with Crippen molar-refractivity contribution >= 4 is 27.9 Å². The number of benzene rings is 2. The number of rotatable bonds is 3. The van der Waals surface area contributed by atoms with Crippen LogP contribution in [-0.2, 0) is 18.4 Å². The summed E-state index contributed by atoms with van der Waals surface area (Å²) in [7, 11) is 1.80. The summed E-state index contributed by atoms with van der Waals surface area (Å²) in [6.07, 6.45) is 3.08. The lowest BCUT2D eigenvalue weighted by atomic mass is 10.0. The summed E-state index contributed by atoms with van der Waals surface area (Å²) in [5.74, 6) is -1.32. The zero-order valence-electron chi connectivity index (χ0n) is 12.8. The molecule has 0 fully saturated rings. The summed E-state index contributed by atoms with van der Waals surface area (Å²) in [6, 6.07) is 8.51. The number of aromatic nitrogens is 4. The van der Waals surface area contributed by atoms with Gasteiger partial charge >= 0.3 is 5.97 Å². The van der Waals surface area contributed by atoms with Gasteiger partial charge in [-0.15, -0.1) is 0 Å². The number of nitrogens with zero attached hydrogens (tertiary/aromatic N) is 4. The second-order valence-electron chi connectivity index (χ2n) is 5.60. The van der Waals surface area contributed by atoms with Crippen LogP contribution in [0.1, 0.15) is 0 Å². The van der Waals surface area contributed by atoms with E-state index in [0.717, 1.165) is 10.9 Å². The molecule has 0 unspecified atom stereocenters. The molecule has 6 nitrogen and oxygen atoms in total. The van der Waals surface area contributed by atoms with E-state index in [4.69, 9.17) is 5.11 Å². The van der Waals surface area contributed by atoms with Crippen LogP contribution >= 0.6 is 0 Å². The first-order valence-corrected chi connectivity index (χ1v) is 7.32. The Kier molecular flexibility index (Phi) is 3.09. The Balaban J connectivity index is 1.96. The fourth-order valence-electron chi connectivity index (χ4n) is 2.96. The van der Waals surface area contributed by atoms with E-state index in [1.54, 1.807) is 42.2 Å². The summed E-state index contributed by atoms with van der Waals surface area (Å²) in [6.45, 7) is -0.191. The molecule has 0 aliphatic carbocycles. The van der Waals surface area contributed by atoms with E-state index in [-0.39, 0.29) is 12.4 Å². The lowest BCUT2D eigenvalue weighted by Crippen LogP contribution is -2.07. The highest BCUT2D eigenvalue weighted by Gasteiger charge is 2.15. The molecule has 0 saturated heterocycles. The first-order valence-electron chi connectivity index (χ1n) is 7.32. The van der Waals surface area contributed by atoms with Crippen molar-refractivity contribution < 1.29 is 14.3 Å². The summed E-state index contributed by atoms with van der Waals surface area (Å²) in [5.41, 5.74) is 3.07. The van der Waals surface area contributed by atoms with Crippen LogP contribution in [0.4, 0.5) is 4.39 Å². The number of halogens is 1. The lowest BCUT2D eigenvalue weighted by Gasteiger charge is -2.07. The zero-order valence-corrected chi connectivity index (χ0v) is 12.8. The minimum atomic E-state index is -0.956. The van der Waals surface area contributed by atoms with Crippen LogP contribution < -0.4 is 0 Å². The topological polar surface area (TPSA) is 72.9 Å². The molecule has 0 aliphatic heterocycles. The predicted octanol–water partition coefficient (Wildman–Crippen LogP) is 2.81. The van der Waals surface area contributed by atoms with Crippen molar-refractivity contribution in [3.05, 3.63) is 48.7 Å². The van der Waals surface area contributed by atoms with E-state index in [2.05, 4.69) is 10.1 Å². The molecule has 2 aromatic heterocycles. The molecule has 24 heavy (non-hydrogen) atoms. The standard InChI is InChI=1S/C17H13FN4O2/c1-21-15-6-12(13(18)5-10(15)7-20-21)11-3-2-4-14-17(11)19-9-22(14)8-16(23)24/h2-7,9H,8H2,1H3,(H,23,24). The highest BCUT2D eigenvalue weighted by atomic mass is 19.1. The van der Waals surface area contributed by atoms with Gasteiger partial charge in [-0.1, -0.05) is 12.1 Å². The van der Waals surface area contributed by atoms with Crippen LogP contribution in [0.25, 0.3) is 33.1 Å². The van der Waals surface area contributed by atoms with Gasteiger partial charge in [-0.2, -0.15) is 5.10 Å². The third kappa shape index (κ3) is 2.13. The van der Waals surface area contributed by atoms with Gasteiger partial charge in [0.05, 0.1) is 29.1 Å². The maximum Gasteiger partial charge on any atom is 0.323 e. The number of hydrogen-bond acceptors (Lipinski definition) is 3. The largest absolute Gasteiger partial charge is 0.480 e. The monoisotopic (exact) mass is 324 g/mol. The van der Waals surface area contributed by atoms with Gasteiger partial charge in [0.2, 0.25) is 0 Å². The number of aryl methyl sites for hydroxylation is 1. The van der Waals surface area contributed by atoms with Crippen molar-refractivity contribution in [2.24, 2.45) is 7.05 Å². The maximum atomic E-state index is 14.6. The van der Waals surface area contributed by atoms with Crippen molar-refractivity contribution in [3.8, 4) is 11.1 Å². The van der Waals surface area contributed by atoms with Crippen LogP contribution in [0.2, 0.25) is 0 Å². The van der Waals surface area contributed by atoms with Gasteiger partial charge in [-0.3, -0.25) is 9.48 Å². The van der Waals surface area contributed by atoms with Crippen molar-refractivity contribution in [2.75, 3.05) is 0 Å². The smallest absolute Gasteiger partial charge is 0.323 e. The second kappa shape index (κ2) is 5.16. The minimum absolute atomic E-state index is 0.191.